The lowest BCUT2D eigenvalue weighted by Gasteiger charge is -2.22. The third kappa shape index (κ3) is 2.94. The lowest BCUT2D eigenvalue weighted by Crippen LogP contribution is -2.25. The van der Waals surface area contributed by atoms with Crippen LogP contribution in [0.2, 0.25) is 0 Å². The minimum absolute atomic E-state index is 0.161. The van der Waals surface area contributed by atoms with Crippen LogP contribution in [-0.2, 0) is 12.8 Å². The first-order valence-corrected chi connectivity index (χ1v) is 6.54. The first-order valence-electron chi connectivity index (χ1n) is 6.54. The monoisotopic (exact) mass is 247 g/mol. The minimum atomic E-state index is 0.161. The van der Waals surface area contributed by atoms with Crippen molar-refractivity contribution in [3.63, 3.8) is 0 Å². The molecule has 4 heteroatoms. The number of amidine groups is 1. The first kappa shape index (κ1) is 12.7. The molecule has 1 aromatic carbocycles. The maximum atomic E-state index is 8.58. The minimum Gasteiger partial charge on any atom is -0.409 e. The first-order chi connectivity index (χ1) is 8.70. The van der Waals surface area contributed by atoms with Crippen molar-refractivity contribution in [2.24, 2.45) is 10.9 Å². The molecule has 4 nitrogen and oxygen atoms in total. The number of hydrogen-bond acceptors (Lipinski definition) is 3. The summed E-state index contributed by atoms with van der Waals surface area (Å²) in [5.41, 5.74) is 9.63. The summed E-state index contributed by atoms with van der Waals surface area (Å²) in [6.45, 7) is 2.04. The average Bonchev–Trinajstić information content (AvgIpc) is 2.39. The molecular weight excluding hydrogens is 226 g/mol. The zero-order valence-corrected chi connectivity index (χ0v) is 10.8. The van der Waals surface area contributed by atoms with Crippen molar-refractivity contribution in [2.45, 2.75) is 45.1 Å². The molecule has 0 spiro atoms. The standard InChI is InChI=1S/C14H21N3O/c1-10(9-14(15)17-18)16-13-8-4-6-11-5-2-3-7-12(11)13/h4,6,8,10,16,18H,2-3,5,7,9H2,1H3,(H2,15,17). The zero-order valence-electron chi connectivity index (χ0n) is 10.8. The van der Waals surface area contributed by atoms with Gasteiger partial charge in [-0.15, -0.1) is 0 Å². The Morgan fingerprint density at radius 2 is 2.22 bits per heavy atom. The fourth-order valence-electron chi connectivity index (χ4n) is 2.59. The van der Waals surface area contributed by atoms with Crippen molar-refractivity contribution in [2.75, 3.05) is 5.32 Å². The largest absolute Gasteiger partial charge is 0.409 e. The van der Waals surface area contributed by atoms with Crippen molar-refractivity contribution >= 4 is 11.5 Å². The summed E-state index contributed by atoms with van der Waals surface area (Å²) in [5.74, 6) is 0.264. The summed E-state index contributed by atoms with van der Waals surface area (Å²) in [6.07, 6.45) is 5.42. The van der Waals surface area contributed by atoms with Crippen LogP contribution in [0.1, 0.15) is 37.3 Å². The molecule has 1 unspecified atom stereocenters. The van der Waals surface area contributed by atoms with Gasteiger partial charge in [0, 0.05) is 18.2 Å². The number of oxime groups is 1. The number of nitrogens with zero attached hydrogens (tertiary/aromatic N) is 1. The Balaban J connectivity index is 2.09. The van der Waals surface area contributed by atoms with Crippen LogP contribution in [0, 0.1) is 0 Å². The zero-order chi connectivity index (χ0) is 13.0. The highest BCUT2D eigenvalue weighted by atomic mass is 16.4. The third-order valence-electron chi connectivity index (χ3n) is 3.44. The highest BCUT2D eigenvalue weighted by molar-refractivity contribution is 5.80. The van der Waals surface area contributed by atoms with E-state index < -0.39 is 0 Å². The van der Waals surface area contributed by atoms with Crippen LogP contribution in [-0.4, -0.2) is 17.1 Å². The highest BCUT2D eigenvalue weighted by Crippen LogP contribution is 2.28. The SMILES string of the molecule is CC(CC(N)=NO)Nc1cccc2c1CCCC2. The quantitative estimate of drug-likeness (QED) is 0.331. The third-order valence-corrected chi connectivity index (χ3v) is 3.44. The normalized spacial score (nSPS) is 17.1. The number of nitrogens with one attached hydrogen (secondary N) is 1. The molecule has 1 aliphatic rings. The van der Waals surface area contributed by atoms with Crippen LogP contribution in [0.5, 0.6) is 0 Å². The van der Waals surface area contributed by atoms with E-state index in [0.717, 1.165) is 6.42 Å². The maximum absolute atomic E-state index is 8.58. The van der Waals surface area contributed by atoms with Gasteiger partial charge in [-0.2, -0.15) is 0 Å². The Kier molecular flexibility index (Phi) is 4.07. The molecular formula is C14H21N3O. The van der Waals surface area contributed by atoms with Crippen LogP contribution < -0.4 is 11.1 Å². The Hall–Kier alpha value is -1.71. The molecule has 98 valence electrons. The molecule has 2 rings (SSSR count). The van der Waals surface area contributed by atoms with Gasteiger partial charge in [0.15, 0.2) is 0 Å². The van der Waals surface area contributed by atoms with E-state index in [4.69, 9.17) is 10.9 Å². The smallest absolute Gasteiger partial charge is 0.141 e. The van der Waals surface area contributed by atoms with E-state index in [0.29, 0.717) is 6.42 Å². The molecule has 1 aliphatic carbocycles. The topological polar surface area (TPSA) is 70.6 Å². The number of fused-ring (bicyclic) bond motifs is 1. The van der Waals surface area contributed by atoms with Gasteiger partial charge in [-0.3, -0.25) is 0 Å². The van der Waals surface area contributed by atoms with Crippen molar-refractivity contribution in [3.05, 3.63) is 29.3 Å². The maximum Gasteiger partial charge on any atom is 0.141 e. The van der Waals surface area contributed by atoms with Gasteiger partial charge in [0.25, 0.3) is 0 Å². The molecule has 0 fully saturated rings. The van der Waals surface area contributed by atoms with E-state index in [1.807, 2.05) is 6.92 Å². The van der Waals surface area contributed by atoms with Gasteiger partial charge in [0.1, 0.15) is 5.84 Å². The number of benzene rings is 1. The molecule has 0 saturated heterocycles. The number of anilines is 1. The Bertz CT molecular complexity index is 443. The predicted octanol–water partition coefficient (Wildman–Crippen LogP) is 2.50. The van der Waals surface area contributed by atoms with Crippen LogP contribution in [0.4, 0.5) is 5.69 Å². The summed E-state index contributed by atoms with van der Waals surface area (Å²) >= 11 is 0. The summed E-state index contributed by atoms with van der Waals surface area (Å²) in [6, 6.07) is 6.60. The Morgan fingerprint density at radius 3 is 3.00 bits per heavy atom. The number of rotatable bonds is 4. The molecule has 0 heterocycles. The van der Waals surface area contributed by atoms with E-state index in [1.165, 1.54) is 36.1 Å². The van der Waals surface area contributed by atoms with E-state index in [1.54, 1.807) is 0 Å². The van der Waals surface area contributed by atoms with E-state index in [9.17, 15) is 0 Å². The van der Waals surface area contributed by atoms with Crippen LogP contribution >= 0.6 is 0 Å². The van der Waals surface area contributed by atoms with E-state index in [-0.39, 0.29) is 11.9 Å². The van der Waals surface area contributed by atoms with Gasteiger partial charge in [-0.05, 0) is 49.8 Å². The summed E-state index contributed by atoms with van der Waals surface area (Å²) in [5, 5.41) is 15.1. The Morgan fingerprint density at radius 1 is 1.44 bits per heavy atom. The van der Waals surface area contributed by atoms with Gasteiger partial charge < -0.3 is 16.3 Å². The second-order valence-corrected chi connectivity index (χ2v) is 4.99. The molecule has 4 N–H and O–H groups in total. The molecule has 0 amide bonds. The molecule has 0 aliphatic heterocycles. The van der Waals surface area contributed by atoms with Crippen molar-refractivity contribution < 1.29 is 5.21 Å². The average molecular weight is 247 g/mol. The number of aryl methyl sites for hydroxylation is 1. The molecule has 0 bridgehead atoms. The van der Waals surface area contributed by atoms with Gasteiger partial charge in [-0.1, -0.05) is 17.3 Å². The van der Waals surface area contributed by atoms with E-state index in [2.05, 4.69) is 28.7 Å². The van der Waals surface area contributed by atoms with Gasteiger partial charge in [-0.25, -0.2) is 0 Å². The molecule has 0 aromatic heterocycles. The second-order valence-electron chi connectivity index (χ2n) is 4.99. The van der Waals surface area contributed by atoms with Crippen LogP contribution in [0.15, 0.2) is 23.4 Å². The second kappa shape index (κ2) is 5.76. The van der Waals surface area contributed by atoms with Crippen molar-refractivity contribution in [1.29, 1.82) is 0 Å². The van der Waals surface area contributed by atoms with E-state index >= 15 is 0 Å². The summed E-state index contributed by atoms with van der Waals surface area (Å²) in [4.78, 5) is 0. The van der Waals surface area contributed by atoms with Crippen LogP contribution in [0.25, 0.3) is 0 Å². The molecule has 1 atom stereocenters. The fraction of sp³-hybridized carbons (Fsp3) is 0.500. The van der Waals surface area contributed by atoms with Crippen molar-refractivity contribution in [3.8, 4) is 0 Å². The lowest BCUT2D eigenvalue weighted by molar-refractivity contribution is 0.316. The lowest BCUT2D eigenvalue weighted by atomic mass is 9.90. The van der Waals surface area contributed by atoms with Crippen molar-refractivity contribution in [1.82, 2.24) is 0 Å². The number of hydrogen-bond donors (Lipinski definition) is 3. The molecule has 0 radical (unpaired) electrons. The summed E-state index contributed by atoms with van der Waals surface area (Å²) < 4.78 is 0. The van der Waals surface area contributed by atoms with Gasteiger partial charge >= 0.3 is 0 Å². The fourth-order valence-corrected chi connectivity index (χ4v) is 2.59. The van der Waals surface area contributed by atoms with Crippen LogP contribution in [0.3, 0.4) is 0 Å². The highest BCUT2D eigenvalue weighted by Gasteiger charge is 2.14. The summed E-state index contributed by atoms with van der Waals surface area (Å²) in [7, 11) is 0. The molecule has 1 aromatic rings. The van der Waals surface area contributed by atoms with Gasteiger partial charge in [0.2, 0.25) is 0 Å². The Labute approximate surface area is 108 Å². The predicted molar refractivity (Wildman–Crippen MR) is 74.2 cm³/mol. The molecule has 0 saturated carbocycles. The number of nitrogens with two attached hydrogens (primary N) is 1. The molecule has 18 heavy (non-hydrogen) atoms. The van der Waals surface area contributed by atoms with Gasteiger partial charge in [0.05, 0.1) is 0 Å².